The highest BCUT2D eigenvalue weighted by molar-refractivity contribution is 9.10. The fraction of sp³-hybridized carbons (Fsp3) is 0.692. The Morgan fingerprint density at radius 3 is 2.83 bits per heavy atom. The number of halogens is 1. The van der Waals surface area contributed by atoms with Gasteiger partial charge in [0.2, 0.25) is 0 Å². The molecule has 1 aromatic heterocycles. The van der Waals surface area contributed by atoms with Crippen LogP contribution in [0.25, 0.3) is 0 Å². The topological polar surface area (TPSA) is 46.9 Å². The zero-order valence-corrected chi connectivity index (χ0v) is 13.0. The van der Waals surface area contributed by atoms with Crippen LogP contribution < -0.4 is 10.9 Å². The third-order valence-electron chi connectivity index (χ3n) is 3.20. The predicted molar refractivity (Wildman–Crippen MR) is 79.0 cm³/mol. The second-order valence-electron chi connectivity index (χ2n) is 4.60. The normalized spacial score (nSPS) is 12.4. The Bertz CT molecular complexity index is 431. The predicted octanol–water partition coefficient (Wildman–Crippen LogP) is 3.17. The molecular weight excluding hydrogens is 294 g/mol. The van der Waals surface area contributed by atoms with Crippen LogP contribution in [-0.4, -0.2) is 16.3 Å². The average molecular weight is 316 g/mol. The molecule has 0 spiro atoms. The van der Waals surface area contributed by atoms with Gasteiger partial charge in [-0.25, -0.2) is 4.68 Å². The second-order valence-corrected chi connectivity index (χ2v) is 5.39. The van der Waals surface area contributed by atoms with Gasteiger partial charge in [0, 0.05) is 13.6 Å². The molecule has 1 atom stereocenters. The molecule has 1 aromatic rings. The lowest BCUT2D eigenvalue weighted by molar-refractivity contribution is 0.472. The molecule has 0 aromatic carbocycles. The summed E-state index contributed by atoms with van der Waals surface area (Å²) in [5.74, 6) is 0.654. The van der Waals surface area contributed by atoms with Crippen LogP contribution in [0.5, 0.6) is 0 Å². The van der Waals surface area contributed by atoms with Gasteiger partial charge in [-0.3, -0.25) is 4.79 Å². The molecule has 0 amide bonds. The van der Waals surface area contributed by atoms with Gasteiger partial charge in [-0.15, -0.1) is 0 Å². The second kappa shape index (κ2) is 7.56. The first-order valence-electron chi connectivity index (χ1n) is 6.55. The summed E-state index contributed by atoms with van der Waals surface area (Å²) < 4.78 is 1.88. The van der Waals surface area contributed by atoms with Crippen molar-refractivity contribution in [1.29, 1.82) is 0 Å². The molecule has 1 rings (SSSR count). The number of unbranched alkanes of at least 4 members (excludes halogenated alkanes) is 1. The Kier molecular flexibility index (Phi) is 6.39. The first-order valence-corrected chi connectivity index (χ1v) is 7.35. The number of rotatable bonds is 7. The summed E-state index contributed by atoms with van der Waals surface area (Å²) in [5.41, 5.74) is 0.676. The van der Waals surface area contributed by atoms with E-state index in [1.165, 1.54) is 23.9 Å². The molecule has 0 radical (unpaired) electrons. The minimum absolute atomic E-state index is 0.110. The summed E-state index contributed by atoms with van der Waals surface area (Å²) in [4.78, 5) is 11.7. The minimum atomic E-state index is -0.110. The lowest BCUT2D eigenvalue weighted by Gasteiger charge is -2.16. The highest BCUT2D eigenvalue weighted by Crippen LogP contribution is 2.18. The van der Waals surface area contributed by atoms with Crippen LogP contribution in [0.2, 0.25) is 0 Å². The number of hydrogen-bond acceptors (Lipinski definition) is 3. The molecule has 0 fully saturated rings. The fourth-order valence-electron chi connectivity index (χ4n) is 1.83. The van der Waals surface area contributed by atoms with E-state index < -0.39 is 0 Å². The van der Waals surface area contributed by atoms with E-state index in [2.05, 4.69) is 40.2 Å². The molecule has 18 heavy (non-hydrogen) atoms. The minimum Gasteiger partial charge on any atom is -0.382 e. The Morgan fingerprint density at radius 2 is 2.22 bits per heavy atom. The van der Waals surface area contributed by atoms with Crippen molar-refractivity contribution in [2.24, 2.45) is 13.0 Å². The Hall–Kier alpha value is -0.840. The van der Waals surface area contributed by atoms with Gasteiger partial charge < -0.3 is 5.32 Å². The van der Waals surface area contributed by atoms with Crippen LogP contribution in [0.4, 0.5) is 5.69 Å². The summed E-state index contributed by atoms with van der Waals surface area (Å²) in [6, 6.07) is 0. The molecule has 1 N–H and O–H groups in total. The van der Waals surface area contributed by atoms with Gasteiger partial charge in [-0.1, -0.05) is 33.1 Å². The van der Waals surface area contributed by atoms with Gasteiger partial charge in [0.25, 0.3) is 5.56 Å². The zero-order valence-electron chi connectivity index (χ0n) is 11.4. The van der Waals surface area contributed by atoms with Crippen LogP contribution in [-0.2, 0) is 7.05 Å². The molecule has 1 heterocycles. The highest BCUT2D eigenvalue weighted by Gasteiger charge is 2.09. The van der Waals surface area contributed by atoms with Gasteiger partial charge >= 0.3 is 0 Å². The standard InChI is InChI=1S/C13H22BrN3O/c1-4-6-7-10(5-2)8-15-11-9-16-17(3)13(18)12(11)14/h9-10,15H,4-8H2,1-3H3. The molecular formula is C13H22BrN3O. The molecule has 102 valence electrons. The van der Waals surface area contributed by atoms with Crippen molar-refractivity contribution < 1.29 is 0 Å². The number of aryl methyl sites for hydroxylation is 1. The summed E-state index contributed by atoms with van der Waals surface area (Å²) in [5, 5.41) is 7.34. The smallest absolute Gasteiger partial charge is 0.282 e. The fourth-order valence-corrected chi connectivity index (χ4v) is 2.33. The van der Waals surface area contributed by atoms with E-state index in [9.17, 15) is 4.79 Å². The first kappa shape index (κ1) is 15.2. The first-order chi connectivity index (χ1) is 8.60. The van der Waals surface area contributed by atoms with Gasteiger partial charge in [-0.2, -0.15) is 5.10 Å². The number of aromatic nitrogens is 2. The van der Waals surface area contributed by atoms with Crippen LogP contribution in [0.15, 0.2) is 15.5 Å². The van der Waals surface area contributed by atoms with E-state index in [-0.39, 0.29) is 5.56 Å². The maximum Gasteiger partial charge on any atom is 0.282 e. The molecule has 0 bridgehead atoms. The number of hydrogen-bond donors (Lipinski definition) is 1. The SMILES string of the molecule is CCCCC(CC)CNc1cnn(C)c(=O)c1Br. The van der Waals surface area contributed by atoms with Crippen LogP contribution in [0.1, 0.15) is 39.5 Å². The van der Waals surface area contributed by atoms with Crippen molar-refractivity contribution >= 4 is 21.6 Å². The van der Waals surface area contributed by atoms with E-state index >= 15 is 0 Å². The molecule has 0 aliphatic rings. The largest absolute Gasteiger partial charge is 0.382 e. The monoisotopic (exact) mass is 315 g/mol. The Balaban J connectivity index is 2.62. The molecule has 0 saturated carbocycles. The Labute approximate surface area is 117 Å². The molecule has 1 unspecified atom stereocenters. The van der Waals surface area contributed by atoms with Crippen molar-refractivity contribution in [2.45, 2.75) is 39.5 Å². The Morgan fingerprint density at radius 1 is 1.50 bits per heavy atom. The van der Waals surface area contributed by atoms with E-state index in [4.69, 9.17) is 0 Å². The van der Waals surface area contributed by atoms with Gasteiger partial charge in [0.15, 0.2) is 0 Å². The summed E-state index contributed by atoms with van der Waals surface area (Å²) >= 11 is 3.32. The maximum atomic E-state index is 11.7. The molecule has 4 nitrogen and oxygen atoms in total. The number of nitrogens with zero attached hydrogens (tertiary/aromatic N) is 2. The number of nitrogens with one attached hydrogen (secondary N) is 1. The van der Waals surface area contributed by atoms with Crippen LogP contribution in [0, 0.1) is 5.92 Å². The lowest BCUT2D eigenvalue weighted by Crippen LogP contribution is -2.22. The van der Waals surface area contributed by atoms with Crippen molar-refractivity contribution in [3.8, 4) is 0 Å². The third-order valence-corrected chi connectivity index (χ3v) is 3.97. The van der Waals surface area contributed by atoms with Crippen LogP contribution in [0.3, 0.4) is 0 Å². The van der Waals surface area contributed by atoms with E-state index in [1.54, 1.807) is 13.2 Å². The van der Waals surface area contributed by atoms with Crippen molar-refractivity contribution in [1.82, 2.24) is 9.78 Å². The van der Waals surface area contributed by atoms with E-state index in [0.717, 1.165) is 18.7 Å². The van der Waals surface area contributed by atoms with Crippen molar-refractivity contribution in [3.63, 3.8) is 0 Å². The number of anilines is 1. The van der Waals surface area contributed by atoms with Crippen molar-refractivity contribution in [2.75, 3.05) is 11.9 Å². The average Bonchev–Trinajstić information content (AvgIpc) is 2.38. The van der Waals surface area contributed by atoms with Crippen LogP contribution >= 0.6 is 15.9 Å². The summed E-state index contributed by atoms with van der Waals surface area (Å²) in [7, 11) is 1.65. The van der Waals surface area contributed by atoms with Crippen molar-refractivity contribution in [3.05, 3.63) is 21.0 Å². The summed E-state index contributed by atoms with van der Waals surface area (Å²) in [6.07, 6.45) is 6.57. The molecule has 0 aliphatic heterocycles. The summed E-state index contributed by atoms with van der Waals surface area (Å²) in [6.45, 7) is 5.31. The lowest BCUT2D eigenvalue weighted by atomic mass is 9.99. The molecule has 0 aliphatic carbocycles. The quantitative estimate of drug-likeness (QED) is 0.840. The van der Waals surface area contributed by atoms with E-state index in [0.29, 0.717) is 10.4 Å². The maximum absolute atomic E-state index is 11.7. The third kappa shape index (κ3) is 4.12. The van der Waals surface area contributed by atoms with Gasteiger partial charge in [-0.05, 0) is 28.3 Å². The van der Waals surface area contributed by atoms with E-state index in [1.807, 2.05) is 0 Å². The molecule has 0 saturated heterocycles. The highest BCUT2D eigenvalue weighted by atomic mass is 79.9. The zero-order chi connectivity index (χ0) is 13.5. The molecule has 5 heteroatoms. The van der Waals surface area contributed by atoms with Gasteiger partial charge in [0.05, 0.1) is 11.9 Å². The van der Waals surface area contributed by atoms with Gasteiger partial charge in [0.1, 0.15) is 4.47 Å².